The summed E-state index contributed by atoms with van der Waals surface area (Å²) in [6.45, 7) is 0.625. The van der Waals surface area contributed by atoms with Crippen LogP contribution in [-0.4, -0.2) is 22.4 Å². The molecule has 32 heavy (non-hydrogen) atoms. The van der Waals surface area contributed by atoms with Crippen LogP contribution < -0.4 is 4.74 Å². The molecule has 0 saturated carbocycles. The quantitative estimate of drug-likeness (QED) is 0.266. The van der Waals surface area contributed by atoms with E-state index < -0.39 is 0 Å². The van der Waals surface area contributed by atoms with Gasteiger partial charge in [0.05, 0.1) is 7.11 Å². The zero-order chi connectivity index (χ0) is 22.1. The van der Waals surface area contributed by atoms with Crippen LogP contribution in [0.2, 0.25) is 5.02 Å². The second kappa shape index (κ2) is 8.61. The number of ether oxygens (including phenoxy) is 1. The van der Waals surface area contributed by atoms with Crippen molar-refractivity contribution in [3.05, 3.63) is 106 Å². The number of nitrogens with zero attached hydrogens (tertiary/aromatic N) is 2. The Balaban J connectivity index is 1.56. The molecule has 0 aliphatic rings. The van der Waals surface area contributed by atoms with Crippen LogP contribution in [0.15, 0.2) is 84.4 Å². The highest BCUT2D eigenvalue weighted by Gasteiger charge is 2.20. The van der Waals surface area contributed by atoms with Crippen molar-refractivity contribution in [2.45, 2.75) is 6.54 Å². The fourth-order valence-electron chi connectivity index (χ4n) is 3.73. The van der Waals surface area contributed by atoms with Gasteiger partial charge in [-0.05, 0) is 35.9 Å². The van der Waals surface area contributed by atoms with E-state index >= 15 is 0 Å². The standard InChI is InChI=1S/C26H19ClN2O2S/c1-31-20-11-12-24-21(13-20)22(15-29(24)14-17-7-9-19(27)10-8-17)25(30)23-16-32-26(28-23)18-5-3-2-4-6-18/h2-13,15-16H,14H2,1H3. The molecule has 5 aromatic rings. The first kappa shape index (κ1) is 20.5. The molecule has 0 spiro atoms. The molecular weight excluding hydrogens is 440 g/mol. The second-order valence-corrected chi connectivity index (χ2v) is 8.71. The molecule has 4 nitrogen and oxygen atoms in total. The van der Waals surface area contributed by atoms with Crippen LogP contribution >= 0.6 is 22.9 Å². The summed E-state index contributed by atoms with van der Waals surface area (Å²) in [4.78, 5) is 18.1. The Hall–Kier alpha value is -3.41. The minimum atomic E-state index is -0.100. The molecular formula is C26H19ClN2O2S. The van der Waals surface area contributed by atoms with Gasteiger partial charge in [0.1, 0.15) is 16.5 Å². The van der Waals surface area contributed by atoms with Gasteiger partial charge in [-0.3, -0.25) is 4.79 Å². The zero-order valence-electron chi connectivity index (χ0n) is 17.3. The highest BCUT2D eigenvalue weighted by molar-refractivity contribution is 7.13. The van der Waals surface area contributed by atoms with E-state index in [2.05, 4.69) is 9.55 Å². The van der Waals surface area contributed by atoms with E-state index in [1.54, 1.807) is 7.11 Å². The Morgan fingerprint density at radius 1 is 1.06 bits per heavy atom. The van der Waals surface area contributed by atoms with Crippen molar-refractivity contribution < 1.29 is 9.53 Å². The maximum absolute atomic E-state index is 13.5. The van der Waals surface area contributed by atoms with Crippen LogP contribution in [-0.2, 0) is 6.54 Å². The number of benzene rings is 3. The van der Waals surface area contributed by atoms with Crippen LogP contribution in [0.3, 0.4) is 0 Å². The molecule has 0 N–H and O–H groups in total. The van der Waals surface area contributed by atoms with Crippen LogP contribution in [0.5, 0.6) is 5.75 Å². The highest BCUT2D eigenvalue weighted by atomic mass is 35.5. The van der Waals surface area contributed by atoms with Gasteiger partial charge in [-0.1, -0.05) is 54.1 Å². The monoisotopic (exact) mass is 458 g/mol. The predicted octanol–water partition coefficient (Wildman–Crippen LogP) is 6.71. The Morgan fingerprint density at radius 2 is 1.84 bits per heavy atom. The lowest BCUT2D eigenvalue weighted by Gasteiger charge is -2.06. The molecule has 2 heterocycles. The molecule has 5 rings (SSSR count). The van der Waals surface area contributed by atoms with Crippen molar-refractivity contribution in [3.63, 3.8) is 0 Å². The molecule has 0 radical (unpaired) electrons. The number of ketones is 1. The topological polar surface area (TPSA) is 44.1 Å². The van der Waals surface area contributed by atoms with Gasteiger partial charge in [-0.15, -0.1) is 11.3 Å². The van der Waals surface area contributed by atoms with Gasteiger partial charge in [0.15, 0.2) is 0 Å². The SMILES string of the molecule is COc1ccc2c(c1)c(C(=O)c1csc(-c3ccccc3)n1)cn2Cc1ccc(Cl)cc1. The number of carbonyl (C=O) groups is 1. The number of methoxy groups -OCH3 is 1. The van der Waals surface area contributed by atoms with Crippen molar-refractivity contribution in [2.24, 2.45) is 0 Å². The van der Waals surface area contributed by atoms with Gasteiger partial charge in [0.25, 0.3) is 0 Å². The lowest BCUT2D eigenvalue weighted by molar-refractivity contribution is 0.103. The number of hydrogen-bond acceptors (Lipinski definition) is 4. The van der Waals surface area contributed by atoms with Gasteiger partial charge >= 0.3 is 0 Å². The molecule has 0 aliphatic heterocycles. The minimum Gasteiger partial charge on any atom is -0.497 e. The van der Waals surface area contributed by atoms with Gasteiger partial charge in [-0.25, -0.2) is 4.98 Å². The van der Waals surface area contributed by atoms with Gasteiger partial charge < -0.3 is 9.30 Å². The van der Waals surface area contributed by atoms with Gasteiger partial charge in [0, 0.05) is 45.2 Å². The lowest BCUT2D eigenvalue weighted by atomic mass is 10.1. The van der Waals surface area contributed by atoms with Crippen LogP contribution in [0.4, 0.5) is 0 Å². The Labute approximate surface area is 194 Å². The molecule has 2 aromatic heterocycles. The van der Waals surface area contributed by atoms with Crippen molar-refractivity contribution in [2.75, 3.05) is 7.11 Å². The molecule has 6 heteroatoms. The van der Waals surface area contributed by atoms with Crippen LogP contribution in [0, 0.1) is 0 Å². The summed E-state index contributed by atoms with van der Waals surface area (Å²) >= 11 is 7.51. The van der Waals surface area contributed by atoms with E-state index in [1.165, 1.54) is 11.3 Å². The van der Waals surface area contributed by atoms with Crippen molar-refractivity contribution in [1.29, 1.82) is 0 Å². The van der Waals surface area contributed by atoms with Crippen molar-refractivity contribution in [1.82, 2.24) is 9.55 Å². The number of hydrogen-bond donors (Lipinski definition) is 0. The fourth-order valence-corrected chi connectivity index (χ4v) is 4.66. The van der Waals surface area contributed by atoms with Crippen LogP contribution in [0.1, 0.15) is 21.6 Å². The lowest BCUT2D eigenvalue weighted by Crippen LogP contribution is -2.02. The first-order valence-corrected chi connectivity index (χ1v) is 11.3. The molecule has 0 unspecified atom stereocenters. The average molecular weight is 459 g/mol. The summed E-state index contributed by atoms with van der Waals surface area (Å²) < 4.78 is 7.50. The molecule has 0 amide bonds. The summed E-state index contributed by atoms with van der Waals surface area (Å²) in [7, 11) is 1.62. The van der Waals surface area contributed by atoms with Gasteiger partial charge in [-0.2, -0.15) is 0 Å². The molecule has 0 saturated heterocycles. The normalized spacial score (nSPS) is 11.1. The summed E-state index contributed by atoms with van der Waals surface area (Å²) in [5.74, 6) is 0.607. The highest BCUT2D eigenvalue weighted by Crippen LogP contribution is 2.30. The van der Waals surface area contributed by atoms with E-state index in [9.17, 15) is 4.79 Å². The number of rotatable bonds is 6. The number of fused-ring (bicyclic) bond motifs is 1. The first-order chi connectivity index (χ1) is 15.6. The van der Waals surface area contributed by atoms with Crippen molar-refractivity contribution >= 4 is 39.6 Å². The fraction of sp³-hybridized carbons (Fsp3) is 0.0769. The van der Waals surface area contributed by atoms with Crippen molar-refractivity contribution in [3.8, 4) is 16.3 Å². The Kier molecular flexibility index (Phi) is 5.52. The Morgan fingerprint density at radius 3 is 2.59 bits per heavy atom. The van der Waals surface area contributed by atoms with E-state index in [4.69, 9.17) is 16.3 Å². The van der Waals surface area contributed by atoms with Gasteiger partial charge in [0.2, 0.25) is 5.78 Å². The number of aromatic nitrogens is 2. The number of thiazole rings is 1. The maximum Gasteiger partial charge on any atom is 0.214 e. The average Bonchev–Trinajstić information content (AvgIpc) is 3.46. The minimum absolute atomic E-state index is 0.100. The maximum atomic E-state index is 13.5. The summed E-state index contributed by atoms with van der Waals surface area (Å²) in [6, 6.07) is 23.4. The second-order valence-electron chi connectivity index (χ2n) is 7.41. The smallest absolute Gasteiger partial charge is 0.214 e. The Bertz CT molecular complexity index is 1410. The summed E-state index contributed by atoms with van der Waals surface area (Å²) in [5.41, 5.74) is 4.12. The third-order valence-electron chi connectivity index (χ3n) is 5.36. The third kappa shape index (κ3) is 3.93. The molecule has 3 aromatic carbocycles. The van der Waals surface area contributed by atoms with E-state index in [1.807, 2.05) is 84.4 Å². The molecule has 0 aliphatic carbocycles. The molecule has 158 valence electrons. The van der Waals surface area contributed by atoms with E-state index in [0.717, 1.165) is 27.0 Å². The van der Waals surface area contributed by atoms with E-state index in [-0.39, 0.29) is 5.78 Å². The summed E-state index contributed by atoms with van der Waals surface area (Å²) in [5, 5.41) is 4.20. The number of halogens is 1. The van der Waals surface area contributed by atoms with Crippen LogP contribution in [0.25, 0.3) is 21.5 Å². The summed E-state index contributed by atoms with van der Waals surface area (Å²) in [6.07, 6.45) is 1.91. The molecule has 0 atom stereocenters. The predicted molar refractivity (Wildman–Crippen MR) is 130 cm³/mol. The van der Waals surface area contributed by atoms with E-state index in [0.29, 0.717) is 28.6 Å². The first-order valence-electron chi connectivity index (χ1n) is 10.1. The number of carbonyl (C=O) groups excluding carboxylic acids is 1. The largest absolute Gasteiger partial charge is 0.497 e. The third-order valence-corrected chi connectivity index (χ3v) is 6.50. The molecule has 0 bridgehead atoms. The zero-order valence-corrected chi connectivity index (χ0v) is 18.9. The molecule has 0 fully saturated rings.